The van der Waals surface area contributed by atoms with Crippen LogP contribution in [-0.4, -0.2) is 24.8 Å². The van der Waals surface area contributed by atoms with Crippen LogP contribution in [-0.2, 0) is 14.2 Å². The highest BCUT2D eigenvalue weighted by Crippen LogP contribution is 2.08. The summed E-state index contributed by atoms with van der Waals surface area (Å²) < 4.78 is 9.69. The highest BCUT2D eigenvalue weighted by molar-refractivity contribution is 6.16. The third-order valence-corrected chi connectivity index (χ3v) is 1.87. The van der Waals surface area contributed by atoms with Gasteiger partial charge >= 0.3 is 13.7 Å². The van der Waals surface area contributed by atoms with Crippen molar-refractivity contribution in [3.05, 3.63) is 12.3 Å². The van der Waals surface area contributed by atoms with Crippen LogP contribution in [0.15, 0.2) is 12.3 Å². The maximum atomic E-state index is 10.8. The van der Waals surface area contributed by atoms with E-state index in [0.717, 1.165) is 25.7 Å². The van der Waals surface area contributed by atoms with Gasteiger partial charge in [-0.15, -0.1) is 0 Å². The minimum Gasteiger partial charge on any atom is -0.545 e. The van der Waals surface area contributed by atoms with Crippen molar-refractivity contribution in [2.75, 3.05) is 0 Å². The Balaban J connectivity index is 3.88. The number of carbonyl (C=O) groups is 1. The first-order valence-corrected chi connectivity index (χ1v) is 5.27. The lowest BCUT2D eigenvalue weighted by molar-refractivity contribution is -0.144. The average Bonchev–Trinajstić information content (AvgIpc) is 2.17. The minimum atomic E-state index is -0.363. The fraction of sp³-hybridized carbons (Fsp3) is 0.700. The summed E-state index contributed by atoms with van der Waals surface area (Å²) in [5.41, 5.74) is 0. The summed E-state index contributed by atoms with van der Waals surface area (Å²) >= 11 is 0. The Morgan fingerprint density at radius 3 is 2.80 bits per heavy atom. The molecular formula is C10H19BO4. The van der Waals surface area contributed by atoms with E-state index in [0.29, 0.717) is 0 Å². The van der Waals surface area contributed by atoms with Crippen molar-refractivity contribution < 1.29 is 19.2 Å². The zero-order chi connectivity index (χ0) is 11.5. The van der Waals surface area contributed by atoms with Gasteiger partial charge in [-0.1, -0.05) is 19.8 Å². The maximum absolute atomic E-state index is 10.8. The van der Waals surface area contributed by atoms with Crippen LogP contribution >= 0.6 is 0 Å². The van der Waals surface area contributed by atoms with Gasteiger partial charge in [0, 0.05) is 6.92 Å². The van der Waals surface area contributed by atoms with Gasteiger partial charge in [-0.05, 0) is 18.9 Å². The number of rotatable bonds is 8. The molecular weight excluding hydrogens is 195 g/mol. The molecule has 0 aliphatic carbocycles. The van der Waals surface area contributed by atoms with E-state index in [1.807, 2.05) is 0 Å². The Morgan fingerprint density at radius 2 is 2.27 bits per heavy atom. The molecule has 0 aromatic rings. The van der Waals surface area contributed by atoms with Crippen molar-refractivity contribution in [3.8, 4) is 0 Å². The summed E-state index contributed by atoms with van der Waals surface area (Å²) in [5.74, 6) is -0.301. The molecule has 1 atom stereocenters. The number of carbonyl (C=O) groups excluding carboxylic acids is 1. The number of unbranched alkanes of at least 4 members (excludes halogenated alkanes) is 2. The van der Waals surface area contributed by atoms with Crippen molar-refractivity contribution in [3.63, 3.8) is 0 Å². The first-order valence-electron chi connectivity index (χ1n) is 5.27. The molecule has 0 amide bonds. The smallest absolute Gasteiger partial charge is 0.503 e. The fourth-order valence-electron chi connectivity index (χ4n) is 1.19. The Kier molecular flexibility index (Phi) is 8.97. The van der Waals surface area contributed by atoms with Crippen molar-refractivity contribution >= 4 is 13.7 Å². The number of esters is 1. The molecule has 0 radical (unpaired) electrons. The summed E-state index contributed by atoms with van der Waals surface area (Å²) in [5, 5.41) is 8.39. The zero-order valence-electron chi connectivity index (χ0n) is 9.44. The van der Waals surface area contributed by atoms with Crippen LogP contribution in [0.5, 0.6) is 0 Å². The number of hydrogen-bond acceptors (Lipinski definition) is 4. The molecule has 15 heavy (non-hydrogen) atoms. The monoisotopic (exact) mass is 214 g/mol. The Morgan fingerprint density at radius 1 is 1.53 bits per heavy atom. The third kappa shape index (κ3) is 9.34. The van der Waals surface area contributed by atoms with E-state index < -0.39 is 0 Å². The summed E-state index contributed by atoms with van der Waals surface area (Å²) in [7, 11) is -0.363. The van der Waals surface area contributed by atoms with E-state index in [4.69, 9.17) is 9.76 Å². The van der Waals surface area contributed by atoms with Crippen LogP contribution in [0.2, 0.25) is 0 Å². The van der Waals surface area contributed by atoms with E-state index in [1.165, 1.54) is 13.2 Å². The van der Waals surface area contributed by atoms with E-state index in [2.05, 4.69) is 11.6 Å². The topological polar surface area (TPSA) is 55.8 Å². The van der Waals surface area contributed by atoms with Gasteiger partial charge < -0.3 is 14.4 Å². The fourth-order valence-corrected chi connectivity index (χ4v) is 1.19. The molecule has 1 unspecified atom stereocenters. The molecule has 4 nitrogen and oxygen atoms in total. The van der Waals surface area contributed by atoms with Crippen molar-refractivity contribution in [1.29, 1.82) is 0 Å². The van der Waals surface area contributed by atoms with Gasteiger partial charge in [0.15, 0.2) is 0 Å². The maximum Gasteiger partial charge on any atom is 0.503 e. The lowest BCUT2D eigenvalue weighted by atomic mass is 10.1. The van der Waals surface area contributed by atoms with Gasteiger partial charge in [-0.25, -0.2) is 0 Å². The second-order valence-corrected chi connectivity index (χ2v) is 3.27. The molecule has 0 aromatic carbocycles. The highest BCUT2D eigenvalue weighted by atomic mass is 16.5. The molecule has 1 N–H and O–H groups in total. The summed E-state index contributed by atoms with van der Waals surface area (Å²) in [6, 6.07) is 0. The normalized spacial score (nSPS) is 12.5. The van der Waals surface area contributed by atoms with Crippen molar-refractivity contribution in [2.24, 2.45) is 0 Å². The van der Waals surface area contributed by atoms with Gasteiger partial charge in [0.25, 0.3) is 0 Å². The van der Waals surface area contributed by atoms with E-state index >= 15 is 0 Å². The zero-order valence-corrected chi connectivity index (χ0v) is 9.44. The lowest BCUT2D eigenvalue weighted by Crippen LogP contribution is -2.13. The van der Waals surface area contributed by atoms with Crippen LogP contribution in [0.1, 0.15) is 39.5 Å². The lowest BCUT2D eigenvalue weighted by Gasteiger charge is -2.12. The van der Waals surface area contributed by atoms with Crippen molar-refractivity contribution in [1.82, 2.24) is 0 Å². The van der Waals surface area contributed by atoms with Crippen LogP contribution in [0.4, 0.5) is 0 Å². The molecule has 5 heteroatoms. The average molecular weight is 214 g/mol. The predicted molar refractivity (Wildman–Crippen MR) is 59.3 cm³/mol. The van der Waals surface area contributed by atoms with Crippen molar-refractivity contribution in [2.45, 2.75) is 45.6 Å². The van der Waals surface area contributed by atoms with Crippen LogP contribution in [0.25, 0.3) is 0 Å². The van der Waals surface area contributed by atoms with E-state index in [1.54, 1.807) is 6.08 Å². The van der Waals surface area contributed by atoms with Gasteiger partial charge in [0.05, 0.1) is 6.26 Å². The third-order valence-electron chi connectivity index (χ3n) is 1.87. The molecule has 0 bridgehead atoms. The van der Waals surface area contributed by atoms with Gasteiger partial charge in [0.1, 0.15) is 6.10 Å². The second kappa shape index (κ2) is 9.58. The largest absolute Gasteiger partial charge is 0.545 e. The first kappa shape index (κ1) is 14.0. The molecule has 0 saturated heterocycles. The van der Waals surface area contributed by atoms with E-state index in [9.17, 15) is 4.79 Å². The summed E-state index contributed by atoms with van der Waals surface area (Å²) in [6.07, 6.45) is 6.81. The SMILES string of the molecule is CCCCCC(/C=C/OBO)OC(C)=O. The Labute approximate surface area is 91.6 Å². The number of hydrogen-bond donors (Lipinski definition) is 1. The first-order chi connectivity index (χ1) is 7.20. The predicted octanol–water partition coefficient (Wildman–Crippen LogP) is 1.29. The molecule has 0 saturated carbocycles. The molecule has 0 spiro atoms. The standard InChI is InChI=1S/C10H19BO4/c1-3-4-5-6-10(15-9(2)12)7-8-14-11-13/h7-8,10-11,13H,3-6H2,1-2H3/b8-7+. The Bertz CT molecular complexity index is 194. The molecule has 0 rings (SSSR count). The van der Waals surface area contributed by atoms with Gasteiger partial charge in [-0.3, -0.25) is 4.79 Å². The molecule has 0 aliphatic heterocycles. The van der Waals surface area contributed by atoms with Gasteiger partial charge in [-0.2, -0.15) is 0 Å². The molecule has 86 valence electrons. The highest BCUT2D eigenvalue weighted by Gasteiger charge is 2.07. The summed E-state index contributed by atoms with van der Waals surface area (Å²) in [6.45, 7) is 3.50. The Hall–Kier alpha value is -0.965. The van der Waals surface area contributed by atoms with E-state index in [-0.39, 0.29) is 19.8 Å². The van der Waals surface area contributed by atoms with Crippen LogP contribution < -0.4 is 0 Å². The molecule has 0 aromatic heterocycles. The molecule has 0 aliphatic rings. The molecule has 0 heterocycles. The van der Waals surface area contributed by atoms with Gasteiger partial charge in [0.2, 0.25) is 0 Å². The molecule has 0 fully saturated rings. The summed E-state index contributed by atoms with van der Waals surface area (Å²) in [4.78, 5) is 10.8. The van der Waals surface area contributed by atoms with Crippen LogP contribution in [0.3, 0.4) is 0 Å². The second-order valence-electron chi connectivity index (χ2n) is 3.27. The quantitative estimate of drug-likeness (QED) is 0.286. The minimum absolute atomic E-state index is 0.249. The van der Waals surface area contributed by atoms with Crippen LogP contribution in [0, 0.1) is 0 Å². The number of ether oxygens (including phenoxy) is 1.